The Labute approximate surface area is 111 Å². The van der Waals surface area contributed by atoms with Gasteiger partial charge in [-0.3, -0.25) is 0 Å². The van der Waals surface area contributed by atoms with Gasteiger partial charge in [0.15, 0.2) is 0 Å². The minimum Gasteiger partial charge on any atom is -0.496 e. The van der Waals surface area contributed by atoms with Crippen molar-refractivity contribution in [3.8, 4) is 5.75 Å². The van der Waals surface area contributed by atoms with Gasteiger partial charge >= 0.3 is 0 Å². The van der Waals surface area contributed by atoms with E-state index in [0.717, 1.165) is 38.1 Å². The number of hydrogen-bond donors (Lipinski definition) is 2. The number of ether oxygens (including phenoxy) is 1. The van der Waals surface area contributed by atoms with E-state index in [1.54, 1.807) is 7.11 Å². The fraction of sp³-hybridized carbons (Fsp3) is 0.600. The predicted molar refractivity (Wildman–Crippen MR) is 77.0 cm³/mol. The molecule has 0 saturated carbocycles. The van der Waals surface area contributed by atoms with Crippen molar-refractivity contribution in [2.75, 3.05) is 13.7 Å². The molecule has 0 saturated heterocycles. The predicted octanol–water partition coefficient (Wildman–Crippen LogP) is 2.47. The second-order valence-corrected chi connectivity index (χ2v) is 4.80. The molecule has 102 valence electrons. The maximum atomic E-state index is 5.71. The van der Waals surface area contributed by atoms with E-state index in [4.69, 9.17) is 10.5 Å². The summed E-state index contributed by atoms with van der Waals surface area (Å²) < 4.78 is 5.33. The quantitative estimate of drug-likeness (QED) is 0.697. The third kappa shape index (κ3) is 5.07. The Kier molecular flexibility index (Phi) is 6.76. The van der Waals surface area contributed by atoms with Crippen molar-refractivity contribution in [3.05, 3.63) is 29.3 Å². The molecule has 0 aromatic heterocycles. The van der Waals surface area contributed by atoms with Crippen LogP contribution in [0.3, 0.4) is 0 Å². The first-order valence-corrected chi connectivity index (χ1v) is 6.79. The van der Waals surface area contributed by atoms with Gasteiger partial charge in [-0.15, -0.1) is 0 Å². The molecule has 0 aliphatic heterocycles. The van der Waals surface area contributed by atoms with Gasteiger partial charge in [-0.1, -0.05) is 19.1 Å². The Morgan fingerprint density at radius 3 is 2.78 bits per heavy atom. The lowest BCUT2D eigenvalue weighted by Gasteiger charge is -2.10. The van der Waals surface area contributed by atoms with Crippen LogP contribution in [-0.4, -0.2) is 19.7 Å². The molecule has 0 bridgehead atoms. The van der Waals surface area contributed by atoms with Gasteiger partial charge in [-0.25, -0.2) is 0 Å². The molecule has 18 heavy (non-hydrogen) atoms. The molecule has 0 radical (unpaired) electrons. The van der Waals surface area contributed by atoms with Gasteiger partial charge in [0, 0.05) is 12.6 Å². The summed E-state index contributed by atoms with van der Waals surface area (Å²) in [6.07, 6.45) is 3.21. The first-order valence-electron chi connectivity index (χ1n) is 6.79. The van der Waals surface area contributed by atoms with Gasteiger partial charge in [0.1, 0.15) is 5.75 Å². The van der Waals surface area contributed by atoms with Crippen LogP contribution in [0.4, 0.5) is 0 Å². The number of methoxy groups -OCH3 is 1. The van der Waals surface area contributed by atoms with Crippen molar-refractivity contribution in [1.29, 1.82) is 0 Å². The van der Waals surface area contributed by atoms with Crippen molar-refractivity contribution in [1.82, 2.24) is 5.32 Å². The second-order valence-electron chi connectivity index (χ2n) is 4.80. The third-order valence-electron chi connectivity index (χ3n) is 3.07. The van der Waals surface area contributed by atoms with Crippen molar-refractivity contribution in [3.63, 3.8) is 0 Å². The first kappa shape index (κ1) is 15.0. The van der Waals surface area contributed by atoms with Gasteiger partial charge in [-0.05, 0) is 49.9 Å². The van der Waals surface area contributed by atoms with E-state index in [0.29, 0.717) is 6.04 Å². The van der Waals surface area contributed by atoms with Gasteiger partial charge in [0.25, 0.3) is 0 Å². The van der Waals surface area contributed by atoms with Crippen LogP contribution in [0.2, 0.25) is 0 Å². The Morgan fingerprint density at radius 2 is 2.17 bits per heavy atom. The number of aryl methyl sites for hydroxylation is 1. The number of hydrogen-bond acceptors (Lipinski definition) is 3. The van der Waals surface area contributed by atoms with E-state index in [1.807, 2.05) is 0 Å². The lowest BCUT2D eigenvalue weighted by Crippen LogP contribution is -2.19. The normalized spacial score (nSPS) is 12.4. The molecule has 0 aliphatic carbocycles. The molecular formula is C15H26N2O. The molecule has 0 heterocycles. The van der Waals surface area contributed by atoms with Crippen LogP contribution in [0.5, 0.6) is 5.75 Å². The molecule has 3 heteroatoms. The lowest BCUT2D eigenvalue weighted by molar-refractivity contribution is 0.410. The number of rotatable bonds is 8. The maximum absolute atomic E-state index is 5.71. The van der Waals surface area contributed by atoms with Gasteiger partial charge < -0.3 is 15.8 Å². The Bertz CT molecular complexity index is 350. The summed E-state index contributed by atoms with van der Waals surface area (Å²) in [5.74, 6) is 0.984. The highest BCUT2D eigenvalue weighted by molar-refractivity contribution is 5.37. The molecule has 1 rings (SSSR count). The largest absolute Gasteiger partial charge is 0.496 e. The number of benzene rings is 1. The average Bonchev–Trinajstić information content (AvgIpc) is 2.37. The summed E-state index contributed by atoms with van der Waals surface area (Å²) in [5.41, 5.74) is 8.30. The zero-order valence-corrected chi connectivity index (χ0v) is 11.8. The van der Waals surface area contributed by atoms with Gasteiger partial charge in [-0.2, -0.15) is 0 Å². The van der Waals surface area contributed by atoms with Crippen LogP contribution in [0, 0.1) is 0 Å². The summed E-state index contributed by atoms with van der Waals surface area (Å²) in [6.45, 7) is 6.14. The monoisotopic (exact) mass is 250 g/mol. The molecule has 1 atom stereocenters. The SMILES string of the molecule is CCc1cc(CNCCCC(C)N)ccc1OC. The van der Waals surface area contributed by atoms with Crippen LogP contribution < -0.4 is 15.8 Å². The third-order valence-corrected chi connectivity index (χ3v) is 3.07. The second kappa shape index (κ2) is 8.11. The van der Waals surface area contributed by atoms with Crippen LogP contribution in [-0.2, 0) is 13.0 Å². The van der Waals surface area contributed by atoms with Crippen molar-refractivity contribution < 1.29 is 4.74 Å². The van der Waals surface area contributed by atoms with E-state index in [9.17, 15) is 0 Å². The van der Waals surface area contributed by atoms with Crippen LogP contribution in [0.15, 0.2) is 18.2 Å². The molecule has 1 aromatic carbocycles. The summed E-state index contributed by atoms with van der Waals surface area (Å²) in [4.78, 5) is 0. The van der Waals surface area contributed by atoms with Gasteiger partial charge in [0.2, 0.25) is 0 Å². The highest BCUT2D eigenvalue weighted by Crippen LogP contribution is 2.20. The Balaban J connectivity index is 2.38. The van der Waals surface area contributed by atoms with Gasteiger partial charge in [0.05, 0.1) is 7.11 Å². The maximum Gasteiger partial charge on any atom is 0.122 e. The topological polar surface area (TPSA) is 47.3 Å². The van der Waals surface area contributed by atoms with E-state index in [2.05, 4.69) is 37.4 Å². The smallest absolute Gasteiger partial charge is 0.122 e. The summed E-state index contributed by atoms with van der Waals surface area (Å²) in [6, 6.07) is 6.70. The molecule has 1 aromatic rings. The number of nitrogens with two attached hydrogens (primary N) is 1. The number of nitrogens with one attached hydrogen (secondary N) is 1. The molecule has 3 nitrogen and oxygen atoms in total. The summed E-state index contributed by atoms with van der Waals surface area (Å²) in [7, 11) is 1.72. The van der Waals surface area contributed by atoms with Crippen molar-refractivity contribution in [2.24, 2.45) is 5.73 Å². The van der Waals surface area contributed by atoms with Crippen molar-refractivity contribution >= 4 is 0 Å². The minimum absolute atomic E-state index is 0.305. The molecule has 0 amide bonds. The summed E-state index contributed by atoms with van der Waals surface area (Å²) >= 11 is 0. The molecular weight excluding hydrogens is 224 g/mol. The standard InChI is InChI=1S/C15H26N2O/c1-4-14-10-13(7-8-15(14)18-3)11-17-9-5-6-12(2)16/h7-8,10,12,17H,4-6,9,11,16H2,1-3H3. The van der Waals surface area contributed by atoms with Crippen LogP contribution in [0.1, 0.15) is 37.8 Å². The first-order chi connectivity index (χ1) is 8.67. The fourth-order valence-corrected chi connectivity index (χ4v) is 2.00. The zero-order valence-electron chi connectivity index (χ0n) is 11.8. The van der Waals surface area contributed by atoms with Crippen LogP contribution >= 0.6 is 0 Å². The fourth-order valence-electron chi connectivity index (χ4n) is 2.00. The van der Waals surface area contributed by atoms with E-state index in [-0.39, 0.29) is 0 Å². The van der Waals surface area contributed by atoms with Crippen LogP contribution in [0.25, 0.3) is 0 Å². The van der Waals surface area contributed by atoms with E-state index < -0.39 is 0 Å². The molecule has 3 N–H and O–H groups in total. The molecule has 0 aliphatic rings. The zero-order chi connectivity index (χ0) is 13.4. The van der Waals surface area contributed by atoms with Crippen molar-refractivity contribution in [2.45, 2.75) is 45.7 Å². The molecule has 0 spiro atoms. The average molecular weight is 250 g/mol. The molecule has 1 unspecified atom stereocenters. The lowest BCUT2D eigenvalue weighted by atomic mass is 10.1. The van der Waals surface area contributed by atoms with E-state index in [1.165, 1.54) is 11.1 Å². The highest BCUT2D eigenvalue weighted by atomic mass is 16.5. The Morgan fingerprint density at radius 1 is 1.39 bits per heavy atom. The highest BCUT2D eigenvalue weighted by Gasteiger charge is 2.02. The Hall–Kier alpha value is -1.06. The summed E-state index contributed by atoms with van der Waals surface area (Å²) in [5, 5.41) is 3.45. The van der Waals surface area contributed by atoms with E-state index >= 15 is 0 Å². The molecule has 0 fully saturated rings. The minimum atomic E-state index is 0.305.